The fraction of sp³-hybridized carbons (Fsp3) is 0.333. The van der Waals surface area contributed by atoms with Crippen LogP contribution in [0.2, 0.25) is 5.02 Å². The van der Waals surface area contributed by atoms with Gasteiger partial charge in [0.15, 0.2) is 0 Å². The van der Waals surface area contributed by atoms with Crippen molar-refractivity contribution >= 4 is 23.6 Å². The third-order valence-electron chi connectivity index (χ3n) is 5.16. The minimum absolute atomic E-state index is 0.0318. The van der Waals surface area contributed by atoms with Gasteiger partial charge in [-0.25, -0.2) is 4.79 Å². The number of carbonyl (C=O) groups excluding carboxylic acids is 1. The smallest absolute Gasteiger partial charge is 0.404 e. The predicted molar refractivity (Wildman–Crippen MR) is 108 cm³/mol. The molecular formula is C21H21ClN2O5. The highest BCUT2D eigenvalue weighted by Crippen LogP contribution is 2.42. The van der Waals surface area contributed by atoms with Crippen molar-refractivity contribution in [2.24, 2.45) is 0 Å². The third-order valence-corrected chi connectivity index (χ3v) is 5.45. The first-order valence-corrected chi connectivity index (χ1v) is 9.83. The third kappa shape index (κ3) is 4.02. The van der Waals surface area contributed by atoms with E-state index in [1.165, 1.54) is 0 Å². The summed E-state index contributed by atoms with van der Waals surface area (Å²) in [7, 11) is 0. The number of ether oxygens (including phenoxy) is 2. The molecule has 0 aliphatic carbocycles. The summed E-state index contributed by atoms with van der Waals surface area (Å²) < 4.78 is 11.3. The summed E-state index contributed by atoms with van der Waals surface area (Å²) in [5.41, 5.74) is 3.19. The van der Waals surface area contributed by atoms with Gasteiger partial charge in [0.05, 0.1) is 24.8 Å². The van der Waals surface area contributed by atoms with Crippen LogP contribution in [0.3, 0.4) is 0 Å². The Morgan fingerprint density at radius 1 is 1.14 bits per heavy atom. The molecule has 1 fully saturated rings. The molecule has 0 bridgehead atoms. The number of rotatable bonds is 4. The average Bonchev–Trinajstić information content (AvgIpc) is 3.18. The van der Waals surface area contributed by atoms with Crippen molar-refractivity contribution in [1.82, 2.24) is 10.2 Å². The molecule has 0 aromatic heterocycles. The zero-order valence-corrected chi connectivity index (χ0v) is 16.4. The number of amides is 2. The first-order valence-electron chi connectivity index (χ1n) is 9.46. The summed E-state index contributed by atoms with van der Waals surface area (Å²) in [6.45, 7) is 2.37. The quantitative estimate of drug-likeness (QED) is 0.799. The van der Waals surface area contributed by atoms with Gasteiger partial charge in [0.1, 0.15) is 11.9 Å². The van der Waals surface area contributed by atoms with Crippen molar-refractivity contribution in [1.29, 1.82) is 0 Å². The molecule has 29 heavy (non-hydrogen) atoms. The molecule has 4 rings (SSSR count). The fourth-order valence-electron chi connectivity index (χ4n) is 3.77. The molecule has 7 nitrogen and oxygen atoms in total. The average molecular weight is 417 g/mol. The summed E-state index contributed by atoms with van der Waals surface area (Å²) in [4.78, 5) is 25.8. The molecule has 2 aromatic rings. The van der Waals surface area contributed by atoms with Gasteiger partial charge in [-0.2, -0.15) is 0 Å². The van der Waals surface area contributed by atoms with E-state index >= 15 is 0 Å². The largest absolute Gasteiger partial charge is 0.486 e. The van der Waals surface area contributed by atoms with Crippen molar-refractivity contribution in [2.45, 2.75) is 12.5 Å². The van der Waals surface area contributed by atoms with Crippen LogP contribution in [-0.4, -0.2) is 61.0 Å². The second-order valence-electron chi connectivity index (χ2n) is 6.98. The van der Waals surface area contributed by atoms with E-state index in [9.17, 15) is 9.59 Å². The monoisotopic (exact) mass is 416 g/mol. The standard InChI is InChI=1S/C21H21ClN2O5/c22-18-6-5-15(17-11-13(29-19(17)18)12-23-21(26)27)14-3-1-2-4-16(14)20(25)24-7-9-28-10-8-24/h1-6,13,23H,7-12H2,(H,26,27). The lowest BCUT2D eigenvalue weighted by molar-refractivity contribution is 0.0303. The number of fused-ring (bicyclic) bond motifs is 1. The van der Waals surface area contributed by atoms with E-state index in [4.69, 9.17) is 26.2 Å². The highest BCUT2D eigenvalue weighted by molar-refractivity contribution is 6.32. The summed E-state index contributed by atoms with van der Waals surface area (Å²) in [6.07, 6.45) is -0.940. The van der Waals surface area contributed by atoms with Crippen LogP contribution in [0.15, 0.2) is 36.4 Å². The van der Waals surface area contributed by atoms with Gasteiger partial charge in [-0.15, -0.1) is 0 Å². The van der Waals surface area contributed by atoms with E-state index in [0.717, 1.165) is 16.7 Å². The molecular weight excluding hydrogens is 396 g/mol. The number of benzene rings is 2. The molecule has 2 aliphatic heterocycles. The number of carboxylic acid groups (broad SMARTS) is 1. The number of hydrogen-bond donors (Lipinski definition) is 2. The minimum Gasteiger partial charge on any atom is -0.486 e. The molecule has 2 aromatic carbocycles. The summed E-state index contributed by atoms with van der Waals surface area (Å²) in [5, 5.41) is 11.7. The molecule has 0 saturated carbocycles. The molecule has 2 aliphatic rings. The molecule has 152 valence electrons. The van der Waals surface area contributed by atoms with E-state index in [0.29, 0.717) is 49.1 Å². The van der Waals surface area contributed by atoms with Crippen molar-refractivity contribution in [2.75, 3.05) is 32.8 Å². The summed E-state index contributed by atoms with van der Waals surface area (Å²) in [6, 6.07) is 11.1. The summed E-state index contributed by atoms with van der Waals surface area (Å²) >= 11 is 6.33. The van der Waals surface area contributed by atoms with Gasteiger partial charge in [0.25, 0.3) is 5.91 Å². The SMILES string of the molecule is O=C(O)NCC1Cc2c(-c3ccccc3C(=O)N3CCOCC3)ccc(Cl)c2O1. The van der Waals surface area contributed by atoms with E-state index < -0.39 is 6.09 Å². The second-order valence-corrected chi connectivity index (χ2v) is 7.39. The lowest BCUT2D eigenvalue weighted by Gasteiger charge is -2.27. The number of nitrogens with one attached hydrogen (secondary N) is 1. The maximum Gasteiger partial charge on any atom is 0.404 e. The Hall–Kier alpha value is -2.77. The molecule has 1 unspecified atom stereocenters. The molecule has 2 N–H and O–H groups in total. The Bertz CT molecular complexity index is 943. The highest BCUT2D eigenvalue weighted by Gasteiger charge is 2.30. The fourth-order valence-corrected chi connectivity index (χ4v) is 4.00. The molecule has 8 heteroatoms. The second kappa shape index (κ2) is 8.31. The number of halogens is 1. The lowest BCUT2D eigenvalue weighted by Crippen LogP contribution is -2.40. The van der Waals surface area contributed by atoms with Crippen LogP contribution in [0.1, 0.15) is 15.9 Å². The zero-order chi connectivity index (χ0) is 20.4. The van der Waals surface area contributed by atoms with E-state index in [1.54, 1.807) is 11.0 Å². The van der Waals surface area contributed by atoms with Gasteiger partial charge in [-0.1, -0.05) is 35.9 Å². The van der Waals surface area contributed by atoms with Crippen LogP contribution in [-0.2, 0) is 11.2 Å². The molecule has 1 saturated heterocycles. The lowest BCUT2D eigenvalue weighted by atomic mass is 9.92. The minimum atomic E-state index is -1.10. The maximum atomic E-state index is 13.1. The zero-order valence-electron chi connectivity index (χ0n) is 15.7. The van der Waals surface area contributed by atoms with Crippen LogP contribution >= 0.6 is 11.6 Å². The first kappa shape index (κ1) is 19.5. The van der Waals surface area contributed by atoms with Crippen LogP contribution in [0.4, 0.5) is 4.79 Å². The molecule has 0 spiro atoms. The summed E-state index contributed by atoms with van der Waals surface area (Å²) in [5.74, 6) is 0.519. The van der Waals surface area contributed by atoms with Gasteiger partial charge in [0, 0.05) is 30.6 Å². The number of carbonyl (C=O) groups is 2. The Balaban J connectivity index is 1.68. The van der Waals surface area contributed by atoms with Gasteiger partial charge in [-0.05, 0) is 23.3 Å². The van der Waals surface area contributed by atoms with Crippen molar-refractivity contribution in [3.8, 4) is 16.9 Å². The molecule has 2 amide bonds. The molecule has 2 heterocycles. The Morgan fingerprint density at radius 3 is 2.66 bits per heavy atom. The number of nitrogens with zero attached hydrogens (tertiary/aromatic N) is 1. The van der Waals surface area contributed by atoms with Crippen LogP contribution < -0.4 is 10.1 Å². The Kier molecular flexibility index (Phi) is 5.60. The van der Waals surface area contributed by atoms with Crippen LogP contribution in [0.25, 0.3) is 11.1 Å². The van der Waals surface area contributed by atoms with E-state index in [1.807, 2.05) is 30.3 Å². The van der Waals surface area contributed by atoms with Crippen LogP contribution in [0, 0.1) is 0 Å². The first-order chi connectivity index (χ1) is 14.0. The Labute approximate surface area is 173 Å². The normalized spacial score (nSPS) is 18.1. The van der Waals surface area contributed by atoms with Gasteiger partial charge < -0.3 is 24.8 Å². The maximum absolute atomic E-state index is 13.1. The number of hydrogen-bond acceptors (Lipinski definition) is 4. The van der Waals surface area contributed by atoms with Gasteiger partial charge in [0.2, 0.25) is 0 Å². The van der Waals surface area contributed by atoms with Gasteiger partial charge in [-0.3, -0.25) is 4.79 Å². The predicted octanol–water partition coefficient (Wildman–Crippen LogP) is 3.05. The van der Waals surface area contributed by atoms with Crippen molar-refractivity contribution in [3.05, 3.63) is 52.5 Å². The van der Waals surface area contributed by atoms with Crippen molar-refractivity contribution < 1.29 is 24.2 Å². The van der Waals surface area contributed by atoms with E-state index in [-0.39, 0.29) is 18.6 Å². The Morgan fingerprint density at radius 2 is 1.90 bits per heavy atom. The van der Waals surface area contributed by atoms with Crippen molar-refractivity contribution in [3.63, 3.8) is 0 Å². The molecule has 1 atom stereocenters. The van der Waals surface area contributed by atoms with Crippen LogP contribution in [0.5, 0.6) is 5.75 Å². The number of morpholine rings is 1. The molecule has 0 radical (unpaired) electrons. The highest BCUT2D eigenvalue weighted by atomic mass is 35.5. The topological polar surface area (TPSA) is 88.1 Å². The van der Waals surface area contributed by atoms with E-state index in [2.05, 4.69) is 5.32 Å². The van der Waals surface area contributed by atoms with Gasteiger partial charge >= 0.3 is 6.09 Å².